The maximum atomic E-state index is 14.0. The van der Waals surface area contributed by atoms with Gasteiger partial charge < -0.3 is 26.2 Å². The molecule has 1 saturated heterocycles. The lowest BCUT2D eigenvalue weighted by molar-refractivity contribution is -0.153. The summed E-state index contributed by atoms with van der Waals surface area (Å²) in [5, 5.41) is 47.0. The van der Waals surface area contributed by atoms with Crippen LogP contribution in [0, 0.1) is 11.8 Å². The van der Waals surface area contributed by atoms with Crippen LogP contribution < -0.4 is 5.73 Å². The van der Waals surface area contributed by atoms with Gasteiger partial charge in [0.25, 0.3) is 5.91 Å². The highest BCUT2D eigenvalue weighted by atomic mass is 35.5. The maximum absolute atomic E-state index is 14.0. The van der Waals surface area contributed by atoms with Crippen molar-refractivity contribution in [2.24, 2.45) is 17.6 Å². The Balaban J connectivity index is 1.54. The molecule has 6 rings (SSSR count). The van der Waals surface area contributed by atoms with Gasteiger partial charge in [0.15, 0.2) is 11.4 Å². The van der Waals surface area contributed by atoms with E-state index in [1.54, 1.807) is 14.1 Å². The van der Waals surface area contributed by atoms with Crippen LogP contribution in [0.3, 0.4) is 0 Å². The second-order valence-corrected chi connectivity index (χ2v) is 11.9. The van der Waals surface area contributed by atoms with Gasteiger partial charge in [0.05, 0.1) is 16.6 Å². The average molecular weight is 568 g/mol. The fourth-order valence-corrected chi connectivity index (χ4v) is 7.34. The molecule has 4 aliphatic rings. The van der Waals surface area contributed by atoms with Gasteiger partial charge in [-0.1, -0.05) is 23.7 Å². The number of phenolic OH excluding ortho intramolecular Hbond substituents is 1. The molecule has 0 aromatic heterocycles. The number of hydrogen-bond acceptors (Lipinski definition) is 9. The van der Waals surface area contributed by atoms with Crippen molar-refractivity contribution in [1.29, 1.82) is 0 Å². The number of carbonyl (C=O) groups is 3. The van der Waals surface area contributed by atoms with Gasteiger partial charge >= 0.3 is 0 Å². The molecule has 4 atom stereocenters. The van der Waals surface area contributed by atoms with Gasteiger partial charge in [0, 0.05) is 28.8 Å². The van der Waals surface area contributed by atoms with E-state index in [9.17, 15) is 34.8 Å². The lowest BCUT2D eigenvalue weighted by atomic mass is 9.57. The van der Waals surface area contributed by atoms with Crippen molar-refractivity contribution >= 4 is 45.6 Å². The molecule has 2 aromatic carbocycles. The largest absolute Gasteiger partial charge is 0.508 e. The minimum absolute atomic E-state index is 0.00473. The zero-order valence-electron chi connectivity index (χ0n) is 22.1. The van der Waals surface area contributed by atoms with Crippen molar-refractivity contribution in [1.82, 2.24) is 9.80 Å². The van der Waals surface area contributed by atoms with Crippen LogP contribution in [-0.4, -0.2) is 86.5 Å². The molecule has 1 saturated carbocycles. The number of ketones is 2. The topological polar surface area (TPSA) is 165 Å². The first-order chi connectivity index (χ1) is 18.9. The van der Waals surface area contributed by atoms with Gasteiger partial charge in [0.2, 0.25) is 5.78 Å². The van der Waals surface area contributed by atoms with Crippen LogP contribution in [0.15, 0.2) is 35.1 Å². The van der Waals surface area contributed by atoms with E-state index in [-0.39, 0.29) is 29.7 Å². The van der Waals surface area contributed by atoms with Gasteiger partial charge in [0.1, 0.15) is 22.8 Å². The Morgan fingerprint density at radius 2 is 1.88 bits per heavy atom. The summed E-state index contributed by atoms with van der Waals surface area (Å²) in [6.45, 7) is 2.69. The van der Waals surface area contributed by atoms with E-state index in [1.165, 1.54) is 4.90 Å². The molecular formula is C29H30ClN3O7. The number of amides is 1. The number of nitrogens with two attached hydrogens (primary N) is 1. The summed E-state index contributed by atoms with van der Waals surface area (Å²) in [6, 6.07) is 4.47. The highest BCUT2D eigenvalue weighted by Crippen LogP contribution is 2.54. The van der Waals surface area contributed by atoms with Crippen molar-refractivity contribution in [3.05, 3.63) is 56.8 Å². The van der Waals surface area contributed by atoms with E-state index in [0.29, 0.717) is 27.9 Å². The second-order valence-electron chi connectivity index (χ2n) is 11.5. The van der Waals surface area contributed by atoms with Crippen LogP contribution >= 0.6 is 11.6 Å². The van der Waals surface area contributed by atoms with Crippen LogP contribution in [0.5, 0.6) is 5.75 Å². The molecule has 0 spiro atoms. The molecule has 40 heavy (non-hydrogen) atoms. The van der Waals surface area contributed by atoms with Crippen molar-refractivity contribution in [2.45, 2.75) is 37.5 Å². The number of phenols is 1. The number of carbonyl (C=O) groups excluding carboxylic acids is 3. The molecule has 3 aliphatic carbocycles. The number of nitrogens with zero attached hydrogens (tertiary/aromatic N) is 2. The fraction of sp³-hybridized carbons (Fsp3) is 0.414. The van der Waals surface area contributed by atoms with Crippen molar-refractivity contribution < 1.29 is 34.8 Å². The number of rotatable bonds is 4. The fourth-order valence-electron chi connectivity index (χ4n) is 7.00. The van der Waals surface area contributed by atoms with E-state index in [2.05, 4.69) is 4.90 Å². The number of aliphatic hydroxyl groups excluding tert-OH is 2. The van der Waals surface area contributed by atoms with Crippen LogP contribution in [0.1, 0.15) is 29.5 Å². The van der Waals surface area contributed by atoms with Crippen LogP contribution in [0.25, 0.3) is 16.5 Å². The molecule has 10 nitrogen and oxygen atoms in total. The molecule has 1 aliphatic heterocycles. The molecule has 210 valence electrons. The zero-order valence-corrected chi connectivity index (χ0v) is 22.8. The molecule has 0 radical (unpaired) electrons. The quantitative estimate of drug-likeness (QED) is 0.347. The van der Waals surface area contributed by atoms with E-state index in [0.717, 1.165) is 25.1 Å². The molecule has 2 fully saturated rings. The number of aliphatic hydroxyl groups is 3. The van der Waals surface area contributed by atoms with Crippen molar-refractivity contribution in [3.8, 4) is 5.75 Å². The molecular weight excluding hydrogens is 538 g/mol. The minimum Gasteiger partial charge on any atom is -0.508 e. The SMILES string of the molecule is CN(C)[C@@H]1C(=O)C(C(N)=O)=C(O)[C@@]2(O)C(=O)C3=C(O)c4c(c(Cl)c5ccc(CN6CCC6)cc5c4O)C[C@H]3C[C@@H]12. The van der Waals surface area contributed by atoms with Crippen molar-refractivity contribution in [2.75, 3.05) is 27.2 Å². The first kappa shape index (κ1) is 26.8. The summed E-state index contributed by atoms with van der Waals surface area (Å²) in [5.41, 5.74) is 3.06. The summed E-state index contributed by atoms with van der Waals surface area (Å²) >= 11 is 6.85. The third-order valence-corrected chi connectivity index (χ3v) is 9.48. The van der Waals surface area contributed by atoms with Gasteiger partial charge in [-0.2, -0.15) is 0 Å². The number of benzene rings is 2. The number of Topliss-reactive ketones (excluding diaryl/α,β-unsaturated/α-hetero) is 2. The normalized spacial score (nSPS) is 28.5. The summed E-state index contributed by atoms with van der Waals surface area (Å²) in [7, 11) is 3.12. The lowest BCUT2D eigenvalue weighted by Crippen LogP contribution is -2.65. The van der Waals surface area contributed by atoms with E-state index in [1.807, 2.05) is 18.2 Å². The lowest BCUT2D eigenvalue weighted by Gasteiger charge is -2.50. The zero-order chi connectivity index (χ0) is 28.8. The Morgan fingerprint density at radius 1 is 1.18 bits per heavy atom. The predicted molar refractivity (Wildman–Crippen MR) is 147 cm³/mol. The maximum Gasteiger partial charge on any atom is 0.255 e. The predicted octanol–water partition coefficient (Wildman–Crippen LogP) is 1.98. The number of fused-ring (bicyclic) bond motifs is 4. The number of hydrogen-bond donors (Lipinski definition) is 5. The van der Waals surface area contributed by atoms with E-state index < -0.39 is 58.0 Å². The monoisotopic (exact) mass is 567 g/mol. The number of halogens is 1. The van der Waals surface area contributed by atoms with Gasteiger partial charge in [-0.25, -0.2) is 0 Å². The smallest absolute Gasteiger partial charge is 0.255 e. The Bertz CT molecular complexity index is 1590. The molecule has 2 aromatic rings. The third kappa shape index (κ3) is 3.49. The Kier molecular flexibility index (Phi) is 6.05. The molecule has 0 unspecified atom stereocenters. The van der Waals surface area contributed by atoms with Gasteiger partial charge in [-0.3, -0.25) is 24.2 Å². The standard InChI is InChI=1S/C29H30ClN3O7/c1-32(2)22-17-10-13-9-16-19(23(34)15-8-12(11-33-6-3-7-33)4-5-14(15)21(16)30)24(35)18(13)26(37)29(17,40)27(38)20(25(22)36)28(31)39/h4-5,8,13,17,22,34-35,38,40H,3,6-7,9-11H2,1-2H3,(H2,31,39)/t13-,17-,22-,29-/m0/s1. The average Bonchev–Trinajstić information content (AvgIpc) is 2.86. The first-order valence-electron chi connectivity index (χ1n) is 13.2. The summed E-state index contributed by atoms with van der Waals surface area (Å²) in [5.74, 6) is -6.82. The molecule has 1 amide bonds. The van der Waals surface area contributed by atoms with Crippen LogP contribution in [0.2, 0.25) is 5.02 Å². The number of primary amides is 1. The Morgan fingerprint density at radius 3 is 2.48 bits per heavy atom. The summed E-state index contributed by atoms with van der Waals surface area (Å²) < 4.78 is 0. The number of likely N-dealkylation sites (tertiary alicyclic amines) is 1. The Hall–Kier alpha value is -3.44. The van der Waals surface area contributed by atoms with Crippen molar-refractivity contribution in [3.63, 3.8) is 0 Å². The van der Waals surface area contributed by atoms with Gasteiger partial charge in [-0.15, -0.1) is 0 Å². The molecule has 11 heteroatoms. The summed E-state index contributed by atoms with van der Waals surface area (Å²) in [6.07, 6.45) is 1.29. The van der Waals surface area contributed by atoms with Crippen LogP contribution in [0.4, 0.5) is 0 Å². The molecule has 6 N–H and O–H groups in total. The highest BCUT2D eigenvalue weighted by Gasteiger charge is 2.64. The first-order valence-corrected chi connectivity index (χ1v) is 13.6. The third-order valence-electron chi connectivity index (χ3n) is 9.05. The summed E-state index contributed by atoms with van der Waals surface area (Å²) in [4.78, 5) is 43.1. The van der Waals surface area contributed by atoms with E-state index >= 15 is 0 Å². The number of aromatic hydroxyl groups is 1. The van der Waals surface area contributed by atoms with Crippen LogP contribution in [-0.2, 0) is 27.3 Å². The van der Waals surface area contributed by atoms with E-state index in [4.69, 9.17) is 17.3 Å². The molecule has 1 heterocycles. The second kappa shape index (κ2) is 9.04. The van der Waals surface area contributed by atoms with Gasteiger partial charge in [-0.05, 0) is 69.6 Å². The molecule has 0 bridgehead atoms. The minimum atomic E-state index is -2.68. The highest BCUT2D eigenvalue weighted by molar-refractivity contribution is 6.37. The number of likely N-dealkylation sites (N-methyl/N-ethyl adjacent to an activating group) is 1. The Labute approximate surface area is 234 Å².